The number of aromatic carboxylic acids is 1. The van der Waals surface area contributed by atoms with E-state index in [-0.39, 0.29) is 23.3 Å². The number of rotatable bonds is 4. The lowest BCUT2D eigenvalue weighted by Gasteiger charge is -2.40. The fraction of sp³-hybridized carbons (Fsp3) is 0.667. The van der Waals surface area contributed by atoms with E-state index in [2.05, 4.69) is 15.6 Å². The Morgan fingerprint density at radius 2 is 2.15 bits per heavy atom. The van der Waals surface area contributed by atoms with Crippen LogP contribution in [0.15, 0.2) is 6.20 Å². The largest absolute Gasteiger partial charge is 0.476 e. The fourth-order valence-corrected chi connectivity index (χ4v) is 1.80. The summed E-state index contributed by atoms with van der Waals surface area (Å²) in [4.78, 5) is 24.4. The molecule has 2 heterocycles. The molecule has 0 aromatic carbocycles. The minimum absolute atomic E-state index is 0.00825. The van der Waals surface area contributed by atoms with Gasteiger partial charge in [0.05, 0.1) is 12.2 Å². The van der Waals surface area contributed by atoms with Gasteiger partial charge in [0.25, 0.3) is 0 Å². The van der Waals surface area contributed by atoms with E-state index in [1.54, 1.807) is 4.90 Å². The first-order valence-corrected chi connectivity index (χ1v) is 6.54. The van der Waals surface area contributed by atoms with Crippen LogP contribution in [0.5, 0.6) is 0 Å². The lowest BCUT2D eigenvalue weighted by molar-refractivity contribution is 0.0690. The summed E-state index contributed by atoms with van der Waals surface area (Å²) in [6.45, 7) is 6.97. The van der Waals surface area contributed by atoms with Gasteiger partial charge < -0.3 is 15.3 Å². The Morgan fingerprint density at radius 3 is 2.65 bits per heavy atom. The quantitative estimate of drug-likeness (QED) is 0.847. The third-order valence-corrected chi connectivity index (χ3v) is 3.58. The first kappa shape index (κ1) is 14.3. The van der Waals surface area contributed by atoms with E-state index in [4.69, 9.17) is 5.11 Å². The molecule has 1 aromatic rings. The molecule has 1 aromatic heterocycles. The van der Waals surface area contributed by atoms with Gasteiger partial charge in [0, 0.05) is 18.6 Å². The molecule has 1 saturated heterocycles. The molecule has 0 spiro atoms. The normalized spacial score (nSPS) is 15.8. The molecule has 0 saturated carbocycles. The van der Waals surface area contributed by atoms with Crippen LogP contribution in [0.2, 0.25) is 0 Å². The topological polar surface area (TPSA) is 100 Å². The number of likely N-dealkylation sites (tertiary alicyclic amines) is 1. The smallest absolute Gasteiger partial charge is 0.358 e. The second-order valence-electron chi connectivity index (χ2n) is 5.62. The van der Waals surface area contributed by atoms with Gasteiger partial charge in [-0.05, 0) is 20.3 Å². The summed E-state index contributed by atoms with van der Waals surface area (Å²) in [7, 11) is 0. The Hall–Kier alpha value is -2.12. The zero-order valence-corrected chi connectivity index (χ0v) is 11.8. The van der Waals surface area contributed by atoms with Gasteiger partial charge in [-0.25, -0.2) is 14.3 Å². The first-order chi connectivity index (χ1) is 9.32. The number of nitrogens with one attached hydrogen (secondary N) is 1. The number of urea groups is 1. The molecule has 0 aliphatic carbocycles. The molecule has 0 radical (unpaired) electrons. The van der Waals surface area contributed by atoms with E-state index in [1.807, 2.05) is 20.8 Å². The monoisotopic (exact) mass is 281 g/mol. The highest BCUT2D eigenvalue weighted by atomic mass is 16.4. The van der Waals surface area contributed by atoms with Crippen molar-refractivity contribution in [3.8, 4) is 0 Å². The van der Waals surface area contributed by atoms with Gasteiger partial charge in [-0.2, -0.15) is 0 Å². The van der Waals surface area contributed by atoms with Gasteiger partial charge in [0.1, 0.15) is 0 Å². The SMILES string of the molecule is CCC(C)(C)NC(=O)N1CC(n2cc(C(=O)O)nn2)C1. The van der Waals surface area contributed by atoms with Crippen molar-refractivity contribution in [3.63, 3.8) is 0 Å². The average molecular weight is 281 g/mol. The molecule has 1 aliphatic rings. The highest BCUT2D eigenvalue weighted by Gasteiger charge is 2.34. The van der Waals surface area contributed by atoms with Crippen molar-refractivity contribution >= 4 is 12.0 Å². The Labute approximate surface area is 116 Å². The molecule has 1 fully saturated rings. The maximum absolute atomic E-state index is 12.0. The Balaban J connectivity index is 1.87. The molecule has 2 rings (SSSR count). The summed E-state index contributed by atoms with van der Waals surface area (Å²) < 4.78 is 1.50. The van der Waals surface area contributed by atoms with Crippen molar-refractivity contribution in [3.05, 3.63) is 11.9 Å². The molecule has 0 bridgehead atoms. The summed E-state index contributed by atoms with van der Waals surface area (Å²) in [6, 6.07) is -0.113. The van der Waals surface area contributed by atoms with Crippen molar-refractivity contribution < 1.29 is 14.7 Å². The molecule has 20 heavy (non-hydrogen) atoms. The Morgan fingerprint density at radius 1 is 1.50 bits per heavy atom. The minimum atomic E-state index is -1.10. The molecular formula is C12H19N5O3. The number of aromatic nitrogens is 3. The van der Waals surface area contributed by atoms with Gasteiger partial charge in [0.2, 0.25) is 0 Å². The van der Waals surface area contributed by atoms with Gasteiger partial charge in [-0.15, -0.1) is 5.10 Å². The zero-order chi connectivity index (χ0) is 14.9. The van der Waals surface area contributed by atoms with Crippen LogP contribution in [0, 0.1) is 0 Å². The number of carbonyl (C=O) groups is 2. The van der Waals surface area contributed by atoms with Crippen LogP contribution >= 0.6 is 0 Å². The van der Waals surface area contributed by atoms with E-state index in [9.17, 15) is 9.59 Å². The van der Waals surface area contributed by atoms with Gasteiger partial charge in [-0.1, -0.05) is 12.1 Å². The van der Waals surface area contributed by atoms with Crippen molar-refractivity contribution in [2.45, 2.75) is 38.8 Å². The Kier molecular flexibility index (Phi) is 3.65. The third-order valence-electron chi connectivity index (χ3n) is 3.58. The predicted molar refractivity (Wildman–Crippen MR) is 70.5 cm³/mol. The molecule has 8 nitrogen and oxygen atoms in total. The number of hydrogen-bond donors (Lipinski definition) is 2. The number of carboxylic acid groups (broad SMARTS) is 1. The summed E-state index contributed by atoms with van der Waals surface area (Å²) in [5, 5.41) is 19.1. The van der Waals surface area contributed by atoms with E-state index in [0.717, 1.165) is 6.42 Å². The van der Waals surface area contributed by atoms with Crippen LogP contribution in [0.3, 0.4) is 0 Å². The molecule has 0 unspecified atom stereocenters. The van der Waals surface area contributed by atoms with Gasteiger partial charge in [-0.3, -0.25) is 0 Å². The lowest BCUT2D eigenvalue weighted by atomic mass is 10.0. The summed E-state index contributed by atoms with van der Waals surface area (Å²) in [6.07, 6.45) is 2.24. The van der Waals surface area contributed by atoms with Crippen molar-refractivity contribution in [1.82, 2.24) is 25.2 Å². The van der Waals surface area contributed by atoms with Crippen LogP contribution in [0.1, 0.15) is 43.7 Å². The molecule has 8 heteroatoms. The third kappa shape index (κ3) is 2.89. The average Bonchev–Trinajstić information content (AvgIpc) is 2.75. The molecule has 2 N–H and O–H groups in total. The van der Waals surface area contributed by atoms with E-state index >= 15 is 0 Å². The number of hydrogen-bond acceptors (Lipinski definition) is 4. The Bertz CT molecular complexity index is 519. The highest BCUT2D eigenvalue weighted by Crippen LogP contribution is 2.21. The van der Waals surface area contributed by atoms with E-state index < -0.39 is 5.97 Å². The van der Waals surface area contributed by atoms with E-state index in [0.29, 0.717) is 13.1 Å². The molecule has 1 aliphatic heterocycles. The number of nitrogens with zero attached hydrogens (tertiary/aromatic N) is 4. The molecule has 0 atom stereocenters. The summed E-state index contributed by atoms with van der Waals surface area (Å²) in [5.74, 6) is -1.10. The number of carbonyl (C=O) groups excluding carboxylic acids is 1. The van der Waals surface area contributed by atoms with Crippen LogP contribution in [0.4, 0.5) is 4.79 Å². The maximum Gasteiger partial charge on any atom is 0.358 e. The molecule has 110 valence electrons. The first-order valence-electron chi connectivity index (χ1n) is 6.54. The second kappa shape index (κ2) is 5.10. The zero-order valence-electron chi connectivity index (χ0n) is 11.8. The standard InChI is InChI=1S/C12H19N5O3/c1-4-12(2,3)13-11(20)16-5-8(6-16)17-7-9(10(18)19)14-15-17/h7-8H,4-6H2,1-3H3,(H,13,20)(H,18,19). The van der Waals surface area contributed by atoms with Crippen molar-refractivity contribution in [2.75, 3.05) is 13.1 Å². The van der Waals surface area contributed by atoms with Crippen molar-refractivity contribution in [1.29, 1.82) is 0 Å². The second-order valence-corrected chi connectivity index (χ2v) is 5.62. The highest BCUT2D eigenvalue weighted by molar-refractivity contribution is 5.84. The molecule has 2 amide bonds. The van der Waals surface area contributed by atoms with Gasteiger partial charge >= 0.3 is 12.0 Å². The van der Waals surface area contributed by atoms with E-state index in [1.165, 1.54) is 10.9 Å². The van der Waals surface area contributed by atoms with Crippen LogP contribution in [0.25, 0.3) is 0 Å². The number of carboxylic acids is 1. The van der Waals surface area contributed by atoms with Crippen LogP contribution < -0.4 is 5.32 Å². The predicted octanol–water partition coefficient (Wildman–Crippen LogP) is 0.731. The maximum atomic E-state index is 12.0. The number of amides is 2. The summed E-state index contributed by atoms with van der Waals surface area (Å²) >= 11 is 0. The van der Waals surface area contributed by atoms with Crippen LogP contribution in [-0.4, -0.2) is 55.6 Å². The summed E-state index contributed by atoms with van der Waals surface area (Å²) in [5.41, 5.74) is -0.314. The van der Waals surface area contributed by atoms with Gasteiger partial charge in [0.15, 0.2) is 5.69 Å². The lowest BCUT2D eigenvalue weighted by Crippen LogP contribution is -2.58. The van der Waals surface area contributed by atoms with Crippen LogP contribution in [-0.2, 0) is 0 Å². The fourth-order valence-electron chi connectivity index (χ4n) is 1.80. The molecular weight excluding hydrogens is 262 g/mol. The minimum Gasteiger partial charge on any atom is -0.476 e. The van der Waals surface area contributed by atoms with Crippen molar-refractivity contribution in [2.24, 2.45) is 0 Å².